The van der Waals surface area contributed by atoms with Gasteiger partial charge in [-0.2, -0.15) is 0 Å². The van der Waals surface area contributed by atoms with Crippen LogP contribution in [0.4, 0.5) is 5.69 Å². The van der Waals surface area contributed by atoms with Gasteiger partial charge in [-0.15, -0.1) is 0 Å². The standard InChI is InChI=1S/C14H20N2S/c1-11-4-3-5-12(8-11)16(2)10-14(6-7-14)9-13(15)17/h3-5,8H,6-7,9-10H2,1-2H3,(H2,15,17). The summed E-state index contributed by atoms with van der Waals surface area (Å²) in [5, 5.41) is 0. The van der Waals surface area contributed by atoms with Crippen LogP contribution in [0, 0.1) is 12.3 Å². The van der Waals surface area contributed by atoms with Crippen LogP contribution < -0.4 is 10.6 Å². The van der Waals surface area contributed by atoms with Crippen molar-refractivity contribution in [3.63, 3.8) is 0 Å². The first kappa shape index (κ1) is 12.4. The molecular weight excluding hydrogens is 228 g/mol. The number of hydrogen-bond acceptors (Lipinski definition) is 2. The van der Waals surface area contributed by atoms with E-state index in [1.54, 1.807) is 0 Å². The second-order valence-corrected chi connectivity index (χ2v) is 5.86. The average Bonchev–Trinajstić information content (AvgIpc) is 2.96. The Balaban J connectivity index is 2.02. The maximum Gasteiger partial charge on any atom is 0.0733 e. The number of anilines is 1. The van der Waals surface area contributed by atoms with Gasteiger partial charge in [0, 0.05) is 25.7 Å². The lowest BCUT2D eigenvalue weighted by Gasteiger charge is -2.25. The molecule has 0 aliphatic heterocycles. The van der Waals surface area contributed by atoms with E-state index in [9.17, 15) is 0 Å². The molecule has 0 heterocycles. The molecular formula is C14H20N2S. The van der Waals surface area contributed by atoms with Crippen LogP contribution in [0.25, 0.3) is 0 Å². The predicted octanol–water partition coefficient (Wildman–Crippen LogP) is 2.89. The number of nitrogens with two attached hydrogens (primary N) is 1. The van der Waals surface area contributed by atoms with Gasteiger partial charge in [-0.25, -0.2) is 0 Å². The molecule has 3 heteroatoms. The van der Waals surface area contributed by atoms with Gasteiger partial charge in [-0.3, -0.25) is 0 Å². The van der Waals surface area contributed by atoms with Crippen LogP contribution in [0.2, 0.25) is 0 Å². The molecule has 0 atom stereocenters. The predicted molar refractivity (Wildman–Crippen MR) is 77.5 cm³/mol. The summed E-state index contributed by atoms with van der Waals surface area (Å²) in [6.07, 6.45) is 3.39. The van der Waals surface area contributed by atoms with Crippen molar-refractivity contribution in [2.24, 2.45) is 11.1 Å². The van der Waals surface area contributed by atoms with E-state index in [4.69, 9.17) is 18.0 Å². The van der Waals surface area contributed by atoms with Gasteiger partial charge < -0.3 is 10.6 Å². The van der Waals surface area contributed by atoms with E-state index in [1.165, 1.54) is 24.1 Å². The summed E-state index contributed by atoms with van der Waals surface area (Å²) in [7, 11) is 2.15. The third kappa shape index (κ3) is 3.19. The second kappa shape index (κ2) is 4.65. The molecule has 0 unspecified atom stereocenters. The summed E-state index contributed by atoms with van der Waals surface area (Å²) >= 11 is 5.03. The van der Waals surface area contributed by atoms with E-state index < -0.39 is 0 Å². The van der Waals surface area contributed by atoms with Crippen LogP contribution in [0.15, 0.2) is 24.3 Å². The number of rotatable bonds is 5. The van der Waals surface area contributed by atoms with E-state index in [0.717, 1.165) is 13.0 Å². The Labute approximate surface area is 109 Å². The molecule has 1 aliphatic carbocycles. The van der Waals surface area contributed by atoms with Crippen LogP contribution in [-0.4, -0.2) is 18.6 Å². The molecule has 17 heavy (non-hydrogen) atoms. The number of benzene rings is 1. The fraction of sp³-hybridized carbons (Fsp3) is 0.500. The third-order valence-electron chi connectivity index (χ3n) is 3.52. The molecule has 1 fully saturated rings. The van der Waals surface area contributed by atoms with E-state index in [2.05, 4.69) is 43.1 Å². The molecule has 2 nitrogen and oxygen atoms in total. The summed E-state index contributed by atoms with van der Waals surface area (Å²) in [5.74, 6) is 0. The van der Waals surface area contributed by atoms with E-state index >= 15 is 0 Å². The molecule has 1 aromatic carbocycles. The molecule has 2 N–H and O–H groups in total. The fourth-order valence-corrected chi connectivity index (χ4v) is 2.70. The van der Waals surface area contributed by atoms with Gasteiger partial charge in [0.05, 0.1) is 4.99 Å². The van der Waals surface area contributed by atoms with Crippen molar-refractivity contribution < 1.29 is 0 Å². The molecule has 0 bridgehead atoms. The third-order valence-corrected chi connectivity index (χ3v) is 3.67. The summed E-state index contributed by atoms with van der Waals surface area (Å²) < 4.78 is 0. The molecule has 0 saturated heterocycles. The van der Waals surface area contributed by atoms with Crippen LogP contribution in [-0.2, 0) is 0 Å². The Morgan fingerprint density at radius 2 is 2.18 bits per heavy atom. The minimum absolute atomic E-state index is 0.352. The average molecular weight is 248 g/mol. The normalized spacial score (nSPS) is 16.6. The van der Waals surface area contributed by atoms with Gasteiger partial charge in [-0.05, 0) is 42.9 Å². The lowest BCUT2D eigenvalue weighted by Crippen LogP contribution is -2.29. The molecule has 1 aliphatic rings. The quantitative estimate of drug-likeness (QED) is 0.812. The van der Waals surface area contributed by atoms with Crippen molar-refractivity contribution in [3.05, 3.63) is 29.8 Å². The monoisotopic (exact) mass is 248 g/mol. The highest BCUT2D eigenvalue weighted by Gasteiger charge is 2.43. The zero-order valence-electron chi connectivity index (χ0n) is 10.6. The van der Waals surface area contributed by atoms with Crippen molar-refractivity contribution in [2.75, 3.05) is 18.5 Å². The first-order chi connectivity index (χ1) is 8.01. The van der Waals surface area contributed by atoms with Gasteiger partial charge >= 0.3 is 0 Å². The van der Waals surface area contributed by atoms with Crippen LogP contribution >= 0.6 is 12.2 Å². The number of nitrogens with zero attached hydrogens (tertiary/aromatic N) is 1. The summed E-state index contributed by atoms with van der Waals surface area (Å²) in [6, 6.07) is 8.61. The molecule has 1 saturated carbocycles. The molecule has 0 radical (unpaired) electrons. The molecule has 0 spiro atoms. The highest BCUT2D eigenvalue weighted by atomic mass is 32.1. The Kier molecular flexibility index (Phi) is 3.38. The Morgan fingerprint density at radius 3 is 2.71 bits per heavy atom. The number of aryl methyl sites for hydroxylation is 1. The SMILES string of the molecule is Cc1cccc(N(C)CC2(CC(N)=S)CC2)c1. The first-order valence-electron chi connectivity index (χ1n) is 6.07. The van der Waals surface area contributed by atoms with E-state index in [0.29, 0.717) is 10.4 Å². The van der Waals surface area contributed by atoms with Crippen LogP contribution in [0.5, 0.6) is 0 Å². The van der Waals surface area contributed by atoms with Crippen molar-refractivity contribution in [2.45, 2.75) is 26.2 Å². The zero-order chi connectivity index (χ0) is 12.5. The van der Waals surface area contributed by atoms with Crippen molar-refractivity contribution in [1.82, 2.24) is 0 Å². The van der Waals surface area contributed by atoms with Crippen molar-refractivity contribution in [1.29, 1.82) is 0 Å². The van der Waals surface area contributed by atoms with Gasteiger partial charge in [0.25, 0.3) is 0 Å². The van der Waals surface area contributed by atoms with Crippen LogP contribution in [0.3, 0.4) is 0 Å². The largest absolute Gasteiger partial charge is 0.393 e. The molecule has 0 aromatic heterocycles. The second-order valence-electron chi connectivity index (χ2n) is 5.34. The van der Waals surface area contributed by atoms with E-state index in [1.807, 2.05) is 0 Å². The Morgan fingerprint density at radius 1 is 1.47 bits per heavy atom. The Bertz CT molecular complexity index is 424. The lowest BCUT2D eigenvalue weighted by atomic mass is 10.0. The van der Waals surface area contributed by atoms with Gasteiger partial charge in [-0.1, -0.05) is 24.4 Å². The number of thiocarbonyl (C=S) groups is 1. The minimum Gasteiger partial charge on any atom is -0.393 e. The van der Waals surface area contributed by atoms with E-state index in [-0.39, 0.29) is 0 Å². The summed E-state index contributed by atoms with van der Waals surface area (Å²) in [4.78, 5) is 2.97. The van der Waals surface area contributed by atoms with Crippen LogP contribution in [0.1, 0.15) is 24.8 Å². The molecule has 92 valence electrons. The van der Waals surface area contributed by atoms with Gasteiger partial charge in [0.2, 0.25) is 0 Å². The topological polar surface area (TPSA) is 29.3 Å². The van der Waals surface area contributed by atoms with Gasteiger partial charge in [0.1, 0.15) is 0 Å². The van der Waals surface area contributed by atoms with Crippen molar-refractivity contribution in [3.8, 4) is 0 Å². The highest BCUT2D eigenvalue weighted by molar-refractivity contribution is 7.80. The maximum atomic E-state index is 5.67. The fourth-order valence-electron chi connectivity index (χ4n) is 2.40. The molecule has 0 amide bonds. The maximum absolute atomic E-state index is 5.67. The molecule has 1 aromatic rings. The summed E-state index contributed by atoms with van der Waals surface area (Å²) in [6.45, 7) is 3.17. The van der Waals surface area contributed by atoms with Gasteiger partial charge in [0.15, 0.2) is 0 Å². The van der Waals surface area contributed by atoms with Crippen molar-refractivity contribution >= 4 is 22.9 Å². The first-order valence-corrected chi connectivity index (χ1v) is 6.48. The zero-order valence-corrected chi connectivity index (χ0v) is 11.4. The Hall–Kier alpha value is -1.09. The highest BCUT2D eigenvalue weighted by Crippen LogP contribution is 2.49. The summed E-state index contributed by atoms with van der Waals surface area (Å²) in [5.41, 5.74) is 8.60. The number of hydrogen-bond donors (Lipinski definition) is 1. The lowest BCUT2D eigenvalue weighted by molar-refractivity contribution is 0.533. The minimum atomic E-state index is 0.352. The smallest absolute Gasteiger partial charge is 0.0733 e. The molecule has 2 rings (SSSR count).